The molecule has 0 aromatic carbocycles. The summed E-state index contributed by atoms with van der Waals surface area (Å²) in [4.78, 5) is 13.6. The first-order valence-electron chi connectivity index (χ1n) is 12.9. The summed E-state index contributed by atoms with van der Waals surface area (Å²) in [6, 6.07) is 1.31. The van der Waals surface area contributed by atoms with Crippen molar-refractivity contribution in [1.29, 1.82) is 0 Å². The van der Waals surface area contributed by atoms with Crippen LogP contribution in [0.15, 0.2) is 17.5 Å². The summed E-state index contributed by atoms with van der Waals surface area (Å²) in [6.45, 7) is 5.34. The van der Waals surface area contributed by atoms with Gasteiger partial charge in [0.1, 0.15) is 5.60 Å². The van der Waals surface area contributed by atoms with Gasteiger partial charge in [0.25, 0.3) is 0 Å². The van der Waals surface area contributed by atoms with E-state index in [9.17, 15) is 0 Å². The van der Waals surface area contributed by atoms with Crippen LogP contribution in [0.3, 0.4) is 0 Å². The molecule has 0 unspecified atom stereocenters. The fourth-order valence-corrected chi connectivity index (χ4v) is 6.47. The molecule has 0 bridgehead atoms. The number of fused-ring (bicyclic) bond motifs is 1. The average molecular weight is 437 g/mol. The Balaban J connectivity index is 1.26. The van der Waals surface area contributed by atoms with Crippen LogP contribution in [0.1, 0.15) is 83.1 Å². The third-order valence-corrected chi connectivity index (χ3v) is 8.35. The number of piperidine rings is 1. The van der Waals surface area contributed by atoms with Gasteiger partial charge in [-0.05, 0) is 58.3 Å². The van der Waals surface area contributed by atoms with Gasteiger partial charge in [-0.2, -0.15) is 5.10 Å². The molecule has 32 heavy (non-hydrogen) atoms. The Morgan fingerprint density at radius 1 is 1.06 bits per heavy atom. The molecule has 1 saturated heterocycles. The number of aryl methyl sites for hydroxylation is 1. The van der Waals surface area contributed by atoms with Crippen molar-refractivity contribution in [3.05, 3.63) is 18.0 Å². The monoisotopic (exact) mass is 436 g/mol. The van der Waals surface area contributed by atoms with Crippen LogP contribution in [0, 0.1) is 0 Å². The Labute approximate surface area is 190 Å². The largest absolute Gasteiger partial charge is 0.389 e. The molecule has 7 nitrogen and oxygen atoms in total. The van der Waals surface area contributed by atoms with Crippen molar-refractivity contribution in [2.75, 3.05) is 18.4 Å². The lowest BCUT2D eigenvalue weighted by Gasteiger charge is -2.36. The molecule has 2 saturated carbocycles. The first-order valence-corrected chi connectivity index (χ1v) is 12.9. The first-order chi connectivity index (χ1) is 15.7. The minimum Gasteiger partial charge on any atom is -0.389 e. The molecule has 3 fully saturated rings. The third kappa shape index (κ3) is 3.58. The van der Waals surface area contributed by atoms with Gasteiger partial charge in [0, 0.05) is 49.9 Å². The van der Waals surface area contributed by atoms with E-state index in [1.165, 1.54) is 64.5 Å². The molecule has 2 aliphatic heterocycles. The Hall–Kier alpha value is -2.15. The molecular formula is C25H36N6O. The van der Waals surface area contributed by atoms with Crippen LogP contribution in [-0.4, -0.2) is 56.2 Å². The molecule has 2 aromatic heterocycles. The van der Waals surface area contributed by atoms with E-state index in [2.05, 4.69) is 27.4 Å². The van der Waals surface area contributed by atoms with E-state index in [0.29, 0.717) is 6.04 Å². The number of oxime groups is 1. The zero-order valence-corrected chi connectivity index (χ0v) is 19.4. The fourth-order valence-electron chi connectivity index (χ4n) is 6.47. The molecule has 6 rings (SSSR count). The Morgan fingerprint density at radius 3 is 2.59 bits per heavy atom. The number of rotatable bonds is 5. The lowest BCUT2D eigenvalue weighted by atomic mass is 9.92. The van der Waals surface area contributed by atoms with Crippen molar-refractivity contribution in [1.82, 2.24) is 19.7 Å². The van der Waals surface area contributed by atoms with Crippen molar-refractivity contribution in [3.8, 4) is 0 Å². The molecule has 2 aliphatic carbocycles. The van der Waals surface area contributed by atoms with Gasteiger partial charge in [0.15, 0.2) is 5.65 Å². The van der Waals surface area contributed by atoms with Crippen LogP contribution < -0.4 is 5.32 Å². The van der Waals surface area contributed by atoms with E-state index < -0.39 is 0 Å². The normalized spacial score (nSPS) is 24.5. The van der Waals surface area contributed by atoms with Gasteiger partial charge in [-0.3, -0.25) is 0 Å². The van der Waals surface area contributed by atoms with Crippen molar-refractivity contribution in [3.63, 3.8) is 0 Å². The summed E-state index contributed by atoms with van der Waals surface area (Å²) >= 11 is 0. The first kappa shape index (κ1) is 20.5. The van der Waals surface area contributed by atoms with Gasteiger partial charge in [-0.15, -0.1) is 0 Å². The minimum atomic E-state index is -0.0677. The number of likely N-dealkylation sites (tertiary alicyclic amines) is 1. The van der Waals surface area contributed by atoms with E-state index in [1.54, 1.807) is 0 Å². The van der Waals surface area contributed by atoms with Gasteiger partial charge in [0.2, 0.25) is 0 Å². The van der Waals surface area contributed by atoms with Crippen molar-refractivity contribution >= 4 is 22.4 Å². The summed E-state index contributed by atoms with van der Waals surface area (Å²) in [5.74, 6) is 0. The maximum absolute atomic E-state index is 6.03. The summed E-state index contributed by atoms with van der Waals surface area (Å²) in [7, 11) is 0. The van der Waals surface area contributed by atoms with Gasteiger partial charge in [-0.1, -0.05) is 18.0 Å². The lowest BCUT2D eigenvalue weighted by molar-refractivity contribution is -0.0126. The zero-order valence-electron chi connectivity index (χ0n) is 19.4. The molecule has 1 spiro atoms. The molecule has 0 amide bonds. The van der Waals surface area contributed by atoms with Gasteiger partial charge >= 0.3 is 0 Å². The smallest absolute Gasteiger partial charge is 0.159 e. The molecular weight excluding hydrogens is 400 g/mol. The van der Waals surface area contributed by atoms with E-state index in [1.807, 2.05) is 17.1 Å². The lowest BCUT2D eigenvalue weighted by Crippen LogP contribution is -2.43. The third-order valence-electron chi connectivity index (χ3n) is 8.35. The fraction of sp³-hybridized carbons (Fsp3) is 0.720. The molecule has 172 valence electrons. The molecule has 0 radical (unpaired) electrons. The topological polar surface area (TPSA) is 67.6 Å². The second kappa shape index (κ2) is 8.32. The van der Waals surface area contributed by atoms with Crippen LogP contribution in [-0.2, 0) is 11.4 Å². The highest BCUT2D eigenvalue weighted by atomic mass is 16.7. The highest BCUT2D eigenvalue weighted by Crippen LogP contribution is 2.42. The van der Waals surface area contributed by atoms with E-state index in [4.69, 9.17) is 9.82 Å². The summed E-state index contributed by atoms with van der Waals surface area (Å²) in [5, 5.41) is 14.2. The second-order valence-electron chi connectivity index (χ2n) is 10.3. The number of anilines is 1. The highest BCUT2D eigenvalue weighted by Gasteiger charge is 2.42. The van der Waals surface area contributed by atoms with Crippen LogP contribution in [0.5, 0.6) is 0 Å². The van der Waals surface area contributed by atoms with Crippen molar-refractivity contribution in [2.45, 2.75) is 102 Å². The maximum atomic E-state index is 6.03. The van der Waals surface area contributed by atoms with Gasteiger partial charge in [-0.25, -0.2) is 9.67 Å². The number of pyridine rings is 1. The number of nitrogens with one attached hydrogen (secondary N) is 1. The number of hydrogen-bond donors (Lipinski definition) is 1. The van der Waals surface area contributed by atoms with Gasteiger partial charge < -0.3 is 15.1 Å². The quantitative estimate of drug-likeness (QED) is 0.735. The molecule has 4 heterocycles. The SMILES string of the molecule is CCn1ncc2c(NC3CCN(C4CCCC4)CC3)c(C3=NOC4(CCCC4)C3)cnc21. The average Bonchev–Trinajstić information content (AvgIpc) is 3.63. The number of hydrogen-bond acceptors (Lipinski definition) is 6. The molecule has 4 aliphatic rings. The predicted molar refractivity (Wildman–Crippen MR) is 127 cm³/mol. The van der Waals surface area contributed by atoms with Crippen LogP contribution in [0.2, 0.25) is 0 Å². The standard InChI is InChI=1S/C25H36N6O/c1-2-31-24-21(17-27-31)23(28-18-9-13-30(14-10-18)19-7-3-4-8-19)20(16-26-24)22-15-25(32-29-22)11-5-6-12-25/h16-19H,2-15H2,1H3,(H,26,28). The molecule has 7 heteroatoms. The maximum Gasteiger partial charge on any atom is 0.159 e. The Morgan fingerprint density at radius 2 is 1.84 bits per heavy atom. The Bertz CT molecular complexity index is 993. The van der Waals surface area contributed by atoms with E-state index >= 15 is 0 Å². The predicted octanol–water partition coefficient (Wildman–Crippen LogP) is 4.71. The van der Waals surface area contributed by atoms with Crippen LogP contribution >= 0.6 is 0 Å². The van der Waals surface area contributed by atoms with Crippen molar-refractivity contribution < 1.29 is 4.84 Å². The van der Waals surface area contributed by atoms with E-state index in [0.717, 1.165) is 59.8 Å². The molecule has 1 N–H and O–H groups in total. The zero-order chi connectivity index (χ0) is 21.5. The van der Waals surface area contributed by atoms with Crippen LogP contribution in [0.4, 0.5) is 5.69 Å². The van der Waals surface area contributed by atoms with Crippen LogP contribution in [0.25, 0.3) is 11.0 Å². The van der Waals surface area contributed by atoms with Gasteiger partial charge in [0.05, 0.1) is 23.0 Å². The number of nitrogens with zero attached hydrogens (tertiary/aromatic N) is 5. The summed E-state index contributed by atoms with van der Waals surface area (Å²) in [5.41, 5.74) is 4.21. The molecule has 0 atom stereocenters. The Kier molecular flexibility index (Phi) is 5.32. The molecule has 2 aromatic rings. The summed E-state index contributed by atoms with van der Waals surface area (Å²) in [6.07, 6.45) is 17.6. The highest BCUT2D eigenvalue weighted by molar-refractivity contribution is 6.10. The second-order valence-corrected chi connectivity index (χ2v) is 10.3. The summed E-state index contributed by atoms with van der Waals surface area (Å²) < 4.78 is 1.98. The van der Waals surface area contributed by atoms with E-state index in [-0.39, 0.29) is 5.60 Å². The number of aromatic nitrogens is 3. The minimum absolute atomic E-state index is 0.0677. The van der Waals surface area contributed by atoms with Crippen molar-refractivity contribution in [2.24, 2.45) is 5.16 Å².